The molecule has 0 aromatic heterocycles. The molecule has 0 aromatic rings. The van der Waals surface area contributed by atoms with Gasteiger partial charge in [0, 0.05) is 6.42 Å². The molecule has 0 rings (SSSR count). The zero-order valence-electron chi connectivity index (χ0n) is 9.67. The third-order valence-electron chi connectivity index (χ3n) is 1.27. The van der Waals surface area contributed by atoms with Crippen molar-refractivity contribution >= 4 is 7.99 Å². The predicted molar refractivity (Wildman–Crippen MR) is 60.2 cm³/mol. The number of terminal acetylenes is 1. The molecular weight excluding hydrogens is 273 g/mol. The monoisotopic (exact) mass is 290 g/mol. The van der Waals surface area contributed by atoms with Gasteiger partial charge in [0.15, 0.2) is 0 Å². The van der Waals surface area contributed by atoms with E-state index in [1.807, 2.05) is 0 Å². The molecule has 0 bridgehead atoms. The standard InChI is InChI=1S/C9H16O4.F2HO2P/c1-2-3-9(11)8-13-7-6-12-5-4-10;1-5(2,3)4/h1,9-11H,3-8H2;(H,3,4). The van der Waals surface area contributed by atoms with Crippen molar-refractivity contribution in [2.75, 3.05) is 33.0 Å². The molecule has 108 valence electrons. The third kappa shape index (κ3) is 29.5. The van der Waals surface area contributed by atoms with Crippen LogP contribution in [0.15, 0.2) is 0 Å². The third-order valence-corrected chi connectivity index (χ3v) is 1.27. The minimum Gasteiger partial charge on any atom is -0.394 e. The second-order valence-electron chi connectivity index (χ2n) is 2.91. The van der Waals surface area contributed by atoms with Crippen LogP contribution < -0.4 is 0 Å². The molecule has 0 radical (unpaired) electrons. The van der Waals surface area contributed by atoms with Gasteiger partial charge in [-0.1, -0.05) is 0 Å². The lowest BCUT2D eigenvalue weighted by Gasteiger charge is -2.08. The van der Waals surface area contributed by atoms with Crippen molar-refractivity contribution in [2.45, 2.75) is 12.5 Å². The summed E-state index contributed by atoms with van der Waals surface area (Å²) >= 11 is 0. The molecule has 0 aromatic carbocycles. The Morgan fingerprint density at radius 2 is 1.78 bits per heavy atom. The molecule has 0 saturated heterocycles. The van der Waals surface area contributed by atoms with Gasteiger partial charge in [0.05, 0.1) is 39.1 Å². The summed E-state index contributed by atoms with van der Waals surface area (Å²) in [6.07, 6.45) is 4.69. The number of hydrogen-bond acceptors (Lipinski definition) is 5. The summed E-state index contributed by atoms with van der Waals surface area (Å²) in [6, 6.07) is 0. The van der Waals surface area contributed by atoms with E-state index in [0.717, 1.165) is 0 Å². The highest BCUT2D eigenvalue weighted by atomic mass is 31.2. The largest absolute Gasteiger partial charge is 0.549 e. The maximum absolute atomic E-state index is 10.1. The molecule has 0 aliphatic rings. The highest BCUT2D eigenvalue weighted by Gasteiger charge is 2.09. The van der Waals surface area contributed by atoms with E-state index in [9.17, 15) is 8.39 Å². The Labute approximate surface area is 104 Å². The molecule has 0 heterocycles. The number of aliphatic hydroxyl groups is 2. The van der Waals surface area contributed by atoms with Crippen LogP contribution in [0.4, 0.5) is 8.39 Å². The van der Waals surface area contributed by atoms with Gasteiger partial charge in [-0.25, -0.2) is 4.57 Å². The Morgan fingerprint density at radius 3 is 2.22 bits per heavy atom. The number of aliphatic hydroxyl groups excluding tert-OH is 2. The van der Waals surface area contributed by atoms with E-state index in [4.69, 9.17) is 35.6 Å². The molecule has 0 aliphatic carbocycles. The van der Waals surface area contributed by atoms with Crippen LogP contribution in [0.25, 0.3) is 0 Å². The first kappa shape index (κ1) is 19.8. The van der Waals surface area contributed by atoms with Crippen LogP contribution in [-0.2, 0) is 14.0 Å². The van der Waals surface area contributed by atoms with Gasteiger partial charge in [-0.05, 0) is 0 Å². The molecule has 1 unspecified atom stereocenters. The normalized spacial score (nSPS) is 12.2. The minimum atomic E-state index is -5.64. The lowest BCUT2D eigenvalue weighted by molar-refractivity contribution is -0.000475. The zero-order chi connectivity index (χ0) is 14.4. The van der Waals surface area contributed by atoms with Crippen LogP contribution in [0.1, 0.15) is 6.42 Å². The molecule has 9 heteroatoms. The highest BCUT2D eigenvalue weighted by molar-refractivity contribution is 7.46. The number of ether oxygens (including phenoxy) is 2. The van der Waals surface area contributed by atoms with Crippen LogP contribution in [0.3, 0.4) is 0 Å². The summed E-state index contributed by atoms with van der Waals surface area (Å²) < 4.78 is 38.7. The number of hydrogen-bond donors (Lipinski definition) is 3. The molecule has 0 spiro atoms. The maximum Gasteiger partial charge on any atom is 0.549 e. The van der Waals surface area contributed by atoms with Gasteiger partial charge in [-0.3, -0.25) is 4.89 Å². The van der Waals surface area contributed by atoms with Crippen LogP contribution in [0.5, 0.6) is 0 Å². The van der Waals surface area contributed by atoms with Crippen molar-refractivity contribution in [3.63, 3.8) is 0 Å². The molecule has 0 saturated carbocycles. The van der Waals surface area contributed by atoms with Crippen LogP contribution in [0.2, 0.25) is 0 Å². The van der Waals surface area contributed by atoms with Crippen molar-refractivity contribution in [3.8, 4) is 12.3 Å². The fraction of sp³-hybridized carbons (Fsp3) is 0.778. The van der Waals surface area contributed by atoms with Crippen molar-refractivity contribution in [1.82, 2.24) is 0 Å². The van der Waals surface area contributed by atoms with E-state index in [0.29, 0.717) is 26.2 Å². The summed E-state index contributed by atoms with van der Waals surface area (Å²) in [5.74, 6) is 2.33. The van der Waals surface area contributed by atoms with Gasteiger partial charge in [-0.15, -0.1) is 20.7 Å². The van der Waals surface area contributed by atoms with E-state index >= 15 is 0 Å². The second-order valence-corrected chi connectivity index (χ2v) is 3.78. The summed E-state index contributed by atoms with van der Waals surface area (Å²) in [6.45, 7) is 1.38. The number of halogens is 2. The fourth-order valence-corrected chi connectivity index (χ4v) is 0.699. The SMILES string of the molecule is C#CCC(O)COCCOCCO.O=P(O)(F)F. The summed E-state index contributed by atoms with van der Waals surface area (Å²) in [5.41, 5.74) is 0. The molecule has 3 N–H and O–H groups in total. The van der Waals surface area contributed by atoms with Gasteiger partial charge in [0.1, 0.15) is 0 Å². The van der Waals surface area contributed by atoms with Crippen molar-refractivity contribution in [3.05, 3.63) is 0 Å². The lowest BCUT2D eigenvalue weighted by Crippen LogP contribution is -2.17. The first-order chi connectivity index (χ1) is 8.31. The quantitative estimate of drug-likeness (QED) is 0.341. The van der Waals surface area contributed by atoms with Crippen molar-refractivity contribution in [2.24, 2.45) is 0 Å². The zero-order valence-corrected chi connectivity index (χ0v) is 10.6. The molecule has 1 atom stereocenters. The fourth-order valence-electron chi connectivity index (χ4n) is 0.699. The molecular formula is C9H17F2O6P. The highest BCUT2D eigenvalue weighted by Crippen LogP contribution is 2.43. The smallest absolute Gasteiger partial charge is 0.394 e. The van der Waals surface area contributed by atoms with E-state index < -0.39 is 14.1 Å². The van der Waals surface area contributed by atoms with Crippen molar-refractivity contribution < 1.29 is 37.5 Å². The van der Waals surface area contributed by atoms with Crippen molar-refractivity contribution in [1.29, 1.82) is 0 Å². The average molecular weight is 290 g/mol. The first-order valence-electron chi connectivity index (χ1n) is 4.91. The molecule has 0 fully saturated rings. The van der Waals surface area contributed by atoms with Gasteiger partial charge in [0.25, 0.3) is 0 Å². The summed E-state index contributed by atoms with van der Waals surface area (Å²) in [7, 11) is -5.64. The van der Waals surface area contributed by atoms with E-state index in [1.54, 1.807) is 0 Å². The summed E-state index contributed by atoms with van der Waals surface area (Å²) in [4.78, 5) is 6.74. The Kier molecular flexibility index (Phi) is 14.2. The predicted octanol–water partition coefficient (Wildman–Crippen LogP) is 0.422. The van der Waals surface area contributed by atoms with E-state index in [2.05, 4.69) is 5.92 Å². The van der Waals surface area contributed by atoms with E-state index in [-0.39, 0.29) is 13.2 Å². The average Bonchev–Trinajstić information content (AvgIpc) is 2.21. The summed E-state index contributed by atoms with van der Waals surface area (Å²) in [5, 5.41) is 17.5. The Morgan fingerprint density at radius 1 is 1.28 bits per heavy atom. The first-order valence-corrected chi connectivity index (χ1v) is 6.35. The Hall–Kier alpha value is -0.550. The number of rotatable bonds is 8. The molecule has 6 nitrogen and oxygen atoms in total. The lowest BCUT2D eigenvalue weighted by atomic mass is 10.3. The van der Waals surface area contributed by atoms with E-state index in [1.165, 1.54) is 0 Å². The molecule has 0 aliphatic heterocycles. The topological polar surface area (TPSA) is 96.2 Å². The van der Waals surface area contributed by atoms with Crippen LogP contribution in [-0.4, -0.2) is 54.2 Å². The molecule has 0 amide bonds. The van der Waals surface area contributed by atoms with Crippen LogP contribution in [0, 0.1) is 12.3 Å². The van der Waals surface area contributed by atoms with Crippen LogP contribution >= 0.6 is 7.99 Å². The van der Waals surface area contributed by atoms with Gasteiger partial charge in [-0.2, -0.15) is 0 Å². The van der Waals surface area contributed by atoms with Gasteiger partial charge < -0.3 is 19.7 Å². The maximum atomic E-state index is 10.1. The molecule has 18 heavy (non-hydrogen) atoms. The Balaban J connectivity index is 0. The van der Waals surface area contributed by atoms with Gasteiger partial charge in [0.2, 0.25) is 0 Å². The second kappa shape index (κ2) is 12.9. The van der Waals surface area contributed by atoms with Gasteiger partial charge >= 0.3 is 7.99 Å². The minimum absolute atomic E-state index is 0.0136. The Bertz CT molecular complexity index is 256.